The van der Waals surface area contributed by atoms with Gasteiger partial charge in [0.05, 0.1) is 10.7 Å². The van der Waals surface area contributed by atoms with Gasteiger partial charge >= 0.3 is 0 Å². The van der Waals surface area contributed by atoms with Gasteiger partial charge in [0.25, 0.3) is 0 Å². The molecule has 1 amide bonds. The quantitative estimate of drug-likeness (QED) is 0.810. The van der Waals surface area contributed by atoms with Crippen LogP contribution >= 0.6 is 11.6 Å². The standard InChI is InChI=1S/C13H17ClN2O/c14-11-8-10(15)5-6-12(11)16-13(17)7-9-3-1-2-4-9/h5-6,8-9H,1-4,7,15H2,(H,16,17). The lowest BCUT2D eigenvalue weighted by Gasteiger charge is -2.11. The Morgan fingerprint density at radius 1 is 1.41 bits per heavy atom. The van der Waals surface area contributed by atoms with E-state index in [1.807, 2.05) is 0 Å². The molecule has 3 nitrogen and oxygen atoms in total. The molecule has 0 unspecified atom stereocenters. The molecule has 0 bridgehead atoms. The van der Waals surface area contributed by atoms with Gasteiger partial charge in [0.2, 0.25) is 5.91 Å². The van der Waals surface area contributed by atoms with Crippen LogP contribution in [0.1, 0.15) is 32.1 Å². The summed E-state index contributed by atoms with van der Waals surface area (Å²) in [7, 11) is 0. The summed E-state index contributed by atoms with van der Waals surface area (Å²) < 4.78 is 0. The molecule has 1 aromatic rings. The maximum atomic E-state index is 11.8. The minimum absolute atomic E-state index is 0.0450. The van der Waals surface area contributed by atoms with Crippen molar-refractivity contribution in [2.75, 3.05) is 11.1 Å². The fraction of sp³-hybridized carbons (Fsp3) is 0.462. The van der Waals surface area contributed by atoms with E-state index in [4.69, 9.17) is 17.3 Å². The van der Waals surface area contributed by atoms with Crippen molar-refractivity contribution in [3.05, 3.63) is 23.2 Å². The van der Waals surface area contributed by atoms with Crippen LogP contribution in [0.5, 0.6) is 0 Å². The number of hydrogen-bond acceptors (Lipinski definition) is 2. The molecule has 0 saturated heterocycles. The zero-order valence-electron chi connectivity index (χ0n) is 9.71. The Balaban J connectivity index is 1.93. The second-order valence-electron chi connectivity index (χ2n) is 4.64. The summed E-state index contributed by atoms with van der Waals surface area (Å²) in [5.41, 5.74) is 6.84. The van der Waals surface area contributed by atoms with Gasteiger partial charge in [-0.1, -0.05) is 24.4 Å². The van der Waals surface area contributed by atoms with Crippen LogP contribution in [0, 0.1) is 5.92 Å². The molecule has 17 heavy (non-hydrogen) atoms. The van der Waals surface area contributed by atoms with Gasteiger partial charge < -0.3 is 11.1 Å². The van der Waals surface area contributed by atoms with Crippen LogP contribution in [0.25, 0.3) is 0 Å². The fourth-order valence-electron chi connectivity index (χ4n) is 2.31. The number of carbonyl (C=O) groups excluding carboxylic acids is 1. The normalized spacial score (nSPS) is 16.1. The Morgan fingerprint density at radius 3 is 2.76 bits per heavy atom. The number of halogens is 1. The molecule has 0 heterocycles. The van der Waals surface area contributed by atoms with Crippen molar-refractivity contribution in [3.8, 4) is 0 Å². The molecule has 0 radical (unpaired) electrons. The molecule has 0 aliphatic heterocycles. The molecule has 1 aliphatic rings. The monoisotopic (exact) mass is 252 g/mol. The summed E-state index contributed by atoms with van der Waals surface area (Å²) in [6.07, 6.45) is 5.44. The first-order chi connectivity index (χ1) is 8.15. The molecule has 0 aromatic heterocycles. The van der Waals surface area contributed by atoms with E-state index in [-0.39, 0.29) is 5.91 Å². The highest BCUT2D eigenvalue weighted by Crippen LogP contribution is 2.29. The van der Waals surface area contributed by atoms with E-state index in [2.05, 4.69) is 5.32 Å². The van der Waals surface area contributed by atoms with E-state index in [1.54, 1.807) is 18.2 Å². The Hall–Kier alpha value is -1.22. The summed E-state index contributed by atoms with van der Waals surface area (Å²) in [4.78, 5) is 11.8. The number of carbonyl (C=O) groups is 1. The third kappa shape index (κ3) is 3.37. The number of nitrogens with one attached hydrogen (secondary N) is 1. The fourth-order valence-corrected chi connectivity index (χ4v) is 2.55. The first-order valence-corrected chi connectivity index (χ1v) is 6.38. The van der Waals surface area contributed by atoms with E-state index in [9.17, 15) is 4.79 Å². The van der Waals surface area contributed by atoms with Crippen molar-refractivity contribution in [2.24, 2.45) is 5.92 Å². The molecule has 4 heteroatoms. The summed E-state index contributed by atoms with van der Waals surface area (Å²) >= 11 is 6.00. The predicted octanol–water partition coefficient (Wildman–Crippen LogP) is 3.44. The van der Waals surface area contributed by atoms with Crippen LogP contribution in [-0.2, 0) is 4.79 Å². The number of nitrogens with two attached hydrogens (primary N) is 1. The molecular formula is C13H17ClN2O. The lowest BCUT2D eigenvalue weighted by Crippen LogP contribution is -2.15. The van der Waals surface area contributed by atoms with Crippen LogP contribution < -0.4 is 11.1 Å². The highest BCUT2D eigenvalue weighted by Gasteiger charge is 2.18. The number of nitrogen functional groups attached to an aromatic ring is 1. The van der Waals surface area contributed by atoms with Crippen molar-refractivity contribution < 1.29 is 4.79 Å². The first-order valence-electron chi connectivity index (χ1n) is 6.00. The van der Waals surface area contributed by atoms with Gasteiger partial charge in [-0.2, -0.15) is 0 Å². The van der Waals surface area contributed by atoms with Crippen LogP contribution in [0.4, 0.5) is 11.4 Å². The second-order valence-corrected chi connectivity index (χ2v) is 5.05. The molecule has 1 aromatic carbocycles. The minimum atomic E-state index is 0.0450. The number of rotatable bonds is 3. The van der Waals surface area contributed by atoms with Crippen LogP contribution in [-0.4, -0.2) is 5.91 Å². The van der Waals surface area contributed by atoms with E-state index in [0.717, 1.165) is 0 Å². The maximum Gasteiger partial charge on any atom is 0.224 e. The van der Waals surface area contributed by atoms with Gasteiger partial charge in [-0.15, -0.1) is 0 Å². The average molecular weight is 253 g/mol. The van der Waals surface area contributed by atoms with E-state index >= 15 is 0 Å². The van der Waals surface area contributed by atoms with Gasteiger partial charge in [0.15, 0.2) is 0 Å². The molecular weight excluding hydrogens is 236 g/mol. The van der Waals surface area contributed by atoms with E-state index in [1.165, 1.54) is 25.7 Å². The lowest BCUT2D eigenvalue weighted by atomic mass is 10.0. The molecule has 2 rings (SSSR count). The average Bonchev–Trinajstić information content (AvgIpc) is 2.75. The summed E-state index contributed by atoms with van der Waals surface area (Å²) in [6.45, 7) is 0. The molecule has 1 saturated carbocycles. The lowest BCUT2D eigenvalue weighted by molar-refractivity contribution is -0.117. The maximum absolute atomic E-state index is 11.8. The van der Waals surface area contributed by atoms with Crippen LogP contribution in [0.15, 0.2) is 18.2 Å². The Labute approximate surface area is 106 Å². The number of benzene rings is 1. The Morgan fingerprint density at radius 2 is 2.12 bits per heavy atom. The zero-order valence-corrected chi connectivity index (χ0v) is 10.5. The minimum Gasteiger partial charge on any atom is -0.399 e. The molecule has 0 spiro atoms. The van der Waals surface area contributed by atoms with Gasteiger partial charge in [-0.05, 0) is 37.0 Å². The molecule has 1 aliphatic carbocycles. The van der Waals surface area contributed by atoms with Crippen molar-refractivity contribution in [3.63, 3.8) is 0 Å². The van der Waals surface area contributed by atoms with Crippen LogP contribution in [0.2, 0.25) is 5.02 Å². The van der Waals surface area contributed by atoms with E-state index in [0.29, 0.717) is 28.7 Å². The van der Waals surface area contributed by atoms with Crippen LogP contribution in [0.3, 0.4) is 0 Å². The number of amides is 1. The van der Waals surface area contributed by atoms with Crippen molar-refractivity contribution in [2.45, 2.75) is 32.1 Å². The van der Waals surface area contributed by atoms with Gasteiger partial charge in [0, 0.05) is 12.1 Å². The van der Waals surface area contributed by atoms with Gasteiger partial charge in [-0.25, -0.2) is 0 Å². The molecule has 0 atom stereocenters. The summed E-state index contributed by atoms with van der Waals surface area (Å²) in [6, 6.07) is 5.12. The number of anilines is 2. The smallest absolute Gasteiger partial charge is 0.224 e. The predicted molar refractivity (Wildman–Crippen MR) is 71.1 cm³/mol. The first kappa shape index (κ1) is 12.2. The summed E-state index contributed by atoms with van der Waals surface area (Å²) in [5.74, 6) is 0.589. The summed E-state index contributed by atoms with van der Waals surface area (Å²) in [5, 5.41) is 3.33. The molecule has 92 valence electrons. The van der Waals surface area contributed by atoms with Gasteiger partial charge in [0.1, 0.15) is 0 Å². The Kier molecular flexibility index (Phi) is 3.89. The Bertz CT molecular complexity index is 414. The third-order valence-electron chi connectivity index (χ3n) is 3.22. The third-order valence-corrected chi connectivity index (χ3v) is 3.53. The largest absolute Gasteiger partial charge is 0.399 e. The highest BCUT2D eigenvalue weighted by molar-refractivity contribution is 6.34. The van der Waals surface area contributed by atoms with Crippen molar-refractivity contribution in [1.82, 2.24) is 0 Å². The van der Waals surface area contributed by atoms with E-state index < -0.39 is 0 Å². The SMILES string of the molecule is Nc1ccc(NC(=O)CC2CCCC2)c(Cl)c1. The molecule has 3 N–H and O–H groups in total. The van der Waals surface area contributed by atoms with Crippen molar-refractivity contribution in [1.29, 1.82) is 0 Å². The zero-order chi connectivity index (χ0) is 12.3. The van der Waals surface area contributed by atoms with Crippen molar-refractivity contribution >= 4 is 28.9 Å². The second kappa shape index (κ2) is 5.41. The highest BCUT2D eigenvalue weighted by atomic mass is 35.5. The number of hydrogen-bond donors (Lipinski definition) is 2. The van der Waals surface area contributed by atoms with Gasteiger partial charge in [-0.3, -0.25) is 4.79 Å². The topological polar surface area (TPSA) is 55.1 Å². The molecule has 1 fully saturated rings.